The third-order valence-electron chi connectivity index (χ3n) is 3.43. The van der Waals surface area contributed by atoms with Gasteiger partial charge in [-0.05, 0) is 50.6 Å². The van der Waals surface area contributed by atoms with Gasteiger partial charge < -0.3 is 10.6 Å². The van der Waals surface area contributed by atoms with Gasteiger partial charge in [0.1, 0.15) is 0 Å². The van der Waals surface area contributed by atoms with E-state index in [0.29, 0.717) is 11.1 Å². The van der Waals surface area contributed by atoms with Gasteiger partial charge in [0.2, 0.25) is 5.91 Å². The van der Waals surface area contributed by atoms with Gasteiger partial charge in [-0.2, -0.15) is 0 Å². The van der Waals surface area contributed by atoms with Crippen molar-refractivity contribution in [2.24, 2.45) is 0 Å². The van der Waals surface area contributed by atoms with Crippen molar-refractivity contribution >= 4 is 29.9 Å². The van der Waals surface area contributed by atoms with Crippen molar-refractivity contribution in [2.75, 3.05) is 13.1 Å². The molecule has 1 atom stereocenters. The monoisotopic (exact) mass is 302 g/mol. The van der Waals surface area contributed by atoms with Gasteiger partial charge in [0.25, 0.3) is 0 Å². The van der Waals surface area contributed by atoms with Crippen LogP contribution in [0.15, 0.2) is 24.3 Å². The number of amides is 1. The highest BCUT2D eigenvalue weighted by Crippen LogP contribution is 2.20. The van der Waals surface area contributed by atoms with E-state index in [-0.39, 0.29) is 24.2 Å². The maximum absolute atomic E-state index is 12.1. The highest BCUT2D eigenvalue weighted by atomic mass is 35.5. The lowest BCUT2D eigenvalue weighted by Crippen LogP contribution is -2.44. The van der Waals surface area contributed by atoms with Crippen LogP contribution < -0.4 is 10.6 Å². The number of carbonyl (C=O) groups is 1. The lowest BCUT2D eigenvalue weighted by atomic mass is 9.99. The fourth-order valence-corrected chi connectivity index (χ4v) is 2.42. The summed E-state index contributed by atoms with van der Waals surface area (Å²) in [5.41, 5.74) is 0.967. The quantitative estimate of drug-likeness (QED) is 0.901. The van der Waals surface area contributed by atoms with Crippen LogP contribution in [0.25, 0.3) is 0 Å². The second kappa shape index (κ2) is 7.73. The average Bonchev–Trinajstić information content (AvgIpc) is 2.39. The normalized spacial score (nSPS) is 17.4. The van der Waals surface area contributed by atoms with E-state index in [0.717, 1.165) is 31.5 Å². The van der Waals surface area contributed by atoms with Gasteiger partial charge in [0, 0.05) is 11.1 Å². The number of piperidine rings is 1. The number of hydrogen-bond donors (Lipinski definition) is 2. The summed E-state index contributed by atoms with van der Waals surface area (Å²) in [4.78, 5) is 12.1. The SMILES string of the molecule is CC(C(=O)NC1CCNCC1)c1cccc(Cl)c1.Cl. The molecule has 0 saturated carbocycles. The first-order valence-electron chi connectivity index (χ1n) is 6.43. The first-order chi connectivity index (χ1) is 8.66. The Kier molecular flexibility index (Phi) is 6.63. The summed E-state index contributed by atoms with van der Waals surface area (Å²) in [6.07, 6.45) is 2.02. The molecule has 1 aromatic rings. The van der Waals surface area contributed by atoms with Crippen LogP contribution >= 0.6 is 24.0 Å². The van der Waals surface area contributed by atoms with Crippen LogP contribution in [0, 0.1) is 0 Å². The van der Waals surface area contributed by atoms with Crippen LogP contribution in [0.2, 0.25) is 5.02 Å². The highest BCUT2D eigenvalue weighted by molar-refractivity contribution is 6.30. The summed E-state index contributed by atoms with van der Waals surface area (Å²) < 4.78 is 0. The Bertz CT molecular complexity index is 420. The number of halogens is 2. The number of benzene rings is 1. The molecule has 0 radical (unpaired) electrons. The fraction of sp³-hybridized carbons (Fsp3) is 0.500. The molecule has 3 nitrogen and oxygen atoms in total. The minimum Gasteiger partial charge on any atom is -0.353 e. The average molecular weight is 303 g/mol. The summed E-state index contributed by atoms with van der Waals surface area (Å²) in [7, 11) is 0. The van der Waals surface area contributed by atoms with E-state index < -0.39 is 0 Å². The molecule has 2 N–H and O–H groups in total. The summed E-state index contributed by atoms with van der Waals surface area (Å²) in [5.74, 6) is -0.0669. The van der Waals surface area contributed by atoms with Crippen LogP contribution in [-0.4, -0.2) is 25.0 Å². The zero-order valence-corrected chi connectivity index (χ0v) is 12.6. The molecule has 5 heteroatoms. The molecule has 106 valence electrons. The molecular formula is C14H20Cl2N2O. The topological polar surface area (TPSA) is 41.1 Å². The van der Waals surface area contributed by atoms with E-state index in [2.05, 4.69) is 10.6 Å². The number of carbonyl (C=O) groups excluding carboxylic acids is 1. The van der Waals surface area contributed by atoms with Crippen molar-refractivity contribution in [3.05, 3.63) is 34.9 Å². The van der Waals surface area contributed by atoms with Crippen LogP contribution in [-0.2, 0) is 4.79 Å². The Balaban J connectivity index is 0.00000180. The Morgan fingerprint density at radius 2 is 2.11 bits per heavy atom. The van der Waals surface area contributed by atoms with E-state index in [9.17, 15) is 4.79 Å². The predicted molar refractivity (Wildman–Crippen MR) is 81.1 cm³/mol. The van der Waals surface area contributed by atoms with Gasteiger partial charge in [-0.25, -0.2) is 0 Å². The maximum atomic E-state index is 12.1. The summed E-state index contributed by atoms with van der Waals surface area (Å²) in [6, 6.07) is 7.81. The predicted octanol–water partition coefficient (Wildman–Crippen LogP) is 2.73. The molecule has 1 heterocycles. The zero-order valence-electron chi connectivity index (χ0n) is 11.0. The van der Waals surface area contributed by atoms with Crippen molar-refractivity contribution in [1.29, 1.82) is 0 Å². The summed E-state index contributed by atoms with van der Waals surface area (Å²) in [5, 5.41) is 7.08. The molecule has 1 aromatic carbocycles. The molecule has 0 aromatic heterocycles. The van der Waals surface area contributed by atoms with Gasteiger partial charge in [0.05, 0.1) is 5.92 Å². The van der Waals surface area contributed by atoms with Crippen LogP contribution in [0.1, 0.15) is 31.2 Å². The number of nitrogens with one attached hydrogen (secondary N) is 2. The second-order valence-corrected chi connectivity index (χ2v) is 5.25. The Hall–Kier alpha value is -0.770. The third kappa shape index (κ3) is 4.68. The third-order valence-corrected chi connectivity index (χ3v) is 3.66. The molecule has 19 heavy (non-hydrogen) atoms. The molecule has 1 fully saturated rings. The Labute approximate surface area is 125 Å². The molecule has 1 saturated heterocycles. The van der Waals surface area contributed by atoms with Crippen molar-refractivity contribution < 1.29 is 4.79 Å². The van der Waals surface area contributed by atoms with Gasteiger partial charge in [-0.1, -0.05) is 23.7 Å². The standard InChI is InChI=1S/C14H19ClN2O.ClH/c1-10(11-3-2-4-12(15)9-11)14(18)17-13-5-7-16-8-6-13;/h2-4,9-10,13,16H,5-8H2,1H3,(H,17,18);1H. The van der Waals surface area contributed by atoms with Crippen molar-refractivity contribution in [3.63, 3.8) is 0 Å². The van der Waals surface area contributed by atoms with Crippen molar-refractivity contribution in [3.8, 4) is 0 Å². The Morgan fingerprint density at radius 3 is 2.74 bits per heavy atom. The second-order valence-electron chi connectivity index (χ2n) is 4.81. The lowest BCUT2D eigenvalue weighted by molar-refractivity contribution is -0.123. The van der Waals surface area contributed by atoms with Crippen LogP contribution in [0.3, 0.4) is 0 Å². The first kappa shape index (κ1) is 16.3. The van der Waals surface area contributed by atoms with Gasteiger partial charge in [-0.15, -0.1) is 12.4 Å². The van der Waals surface area contributed by atoms with Crippen molar-refractivity contribution in [1.82, 2.24) is 10.6 Å². The largest absolute Gasteiger partial charge is 0.353 e. The smallest absolute Gasteiger partial charge is 0.227 e. The maximum Gasteiger partial charge on any atom is 0.227 e. The first-order valence-corrected chi connectivity index (χ1v) is 6.81. The summed E-state index contributed by atoms with van der Waals surface area (Å²) >= 11 is 5.95. The molecule has 1 aliphatic heterocycles. The fourth-order valence-electron chi connectivity index (χ4n) is 2.22. The zero-order chi connectivity index (χ0) is 13.0. The molecule has 0 spiro atoms. The van der Waals surface area contributed by atoms with Gasteiger partial charge >= 0.3 is 0 Å². The van der Waals surface area contributed by atoms with Crippen LogP contribution in [0.5, 0.6) is 0 Å². The Morgan fingerprint density at radius 1 is 1.42 bits per heavy atom. The van der Waals surface area contributed by atoms with Gasteiger partial charge in [-0.3, -0.25) is 4.79 Å². The number of hydrogen-bond acceptors (Lipinski definition) is 2. The molecule has 1 aliphatic rings. The van der Waals surface area contributed by atoms with E-state index >= 15 is 0 Å². The van der Waals surface area contributed by atoms with E-state index in [1.54, 1.807) is 0 Å². The minimum atomic E-state index is -0.154. The molecule has 1 amide bonds. The highest BCUT2D eigenvalue weighted by Gasteiger charge is 2.20. The summed E-state index contributed by atoms with van der Waals surface area (Å²) in [6.45, 7) is 3.88. The molecule has 0 bridgehead atoms. The minimum absolute atomic E-state index is 0. The van der Waals surface area contributed by atoms with E-state index in [4.69, 9.17) is 11.6 Å². The lowest BCUT2D eigenvalue weighted by Gasteiger charge is -2.25. The van der Waals surface area contributed by atoms with Gasteiger partial charge in [0.15, 0.2) is 0 Å². The van der Waals surface area contributed by atoms with Crippen LogP contribution in [0.4, 0.5) is 0 Å². The molecular weight excluding hydrogens is 283 g/mol. The number of rotatable bonds is 3. The van der Waals surface area contributed by atoms with E-state index in [1.807, 2.05) is 31.2 Å². The molecule has 1 unspecified atom stereocenters. The molecule has 2 rings (SSSR count). The molecule has 0 aliphatic carbocycles. The van der Waals surface area contributed by atoms with E-state index in [1.165, 1.54) is 0 Å². The van der Waals surface area contributed by atoms with Crippen molar-refractivity contribution in [2.45, 2.75) is 31.7 Å².